The van der Waals surface area contributed by atoms with Gasteiger partial charge in [0.15, 0.2) is 0 Å². The van der Waals surface area contributed by atoms with Gasteiger partial charge in [-0.2, -0.15) is 4.68 Å². The molecule has 0 aliphatic rings. The van der Waals surface area contributed by atoms with Crippen LogP contribution in [-0.2, 0) is 5.75 Å². The molecule has 0 amide bonds. The quantitative estimate of drug-likeness (QED) is 0.496. The Bertz CT molecular complexity index is 994. The molecule has 0 radical (unpaired) electrons. The van der Waals surface area contributed by atoms with E-state index in [-0.39, 0.29) is 0 Å². The van der Waals surface area contributed by atoms with Gasteiger partial charge in [-0.25, -0.2) is 0 Å². The monoisotopic (exact) mass is 352 g/mol. The van der Waals surface area contributed by atoms with Crippen LogP contribution in [0, 0.1) is 0 Å². The highest BCUT2D eigenvalue weighted by atomic mass is 35.5. The molecule has 4 rings (SSSR count). The van der Waals surface area contributed by atoms with E-state index in [4.69, 9.17) is 11.6 Å². The lowest BCUT2D eigenvalue weighted by Gasteiger charge is -2.08. The molecule has 0 saturated heterocycles. The fraction of sp³-hybridized carbons (Fsp3) is 0.0556. The van der Waals surface area contributed by atoms with E-state index >= 15 is 0 Å². The molecule has 4 aromatic rings. The zero-order chi connectivity index (χ0) is 16.4. The number of aromatic nitrogens is 4. The molecule has 118 valence electrons. The van der Waals surface area contributed by atoms with Crippen LogP contribution in [0.5, 0.6) is 0 Å². The Morgan fingerprint density at radius 3 is 2.62 bits per heavy atom. The van der Waals surface area contributed by atoms with Gasteiger partial charge in [-0.3, -0.25) is 0 Å². The zero-order valence-electron chi connectivity index (χ0n) is 12.6. The molecule has 0 saturated carbocycles. The summed E-state index contributed by atoms with van der Waals surface area (Å²) in [5, 5.41) is 16.0. The van der Waals surface area contributed by atoms with E-state index in [1.807, 2.05) is 48.5 Å². The minimum Gasteiger partial charge on any atom is -0.187 e. The number of halogens is 1. The van der Waals surface area contributed by atoms with Crippen LogP contribution in [0.15, 0.2) is 71.9 Å². The van der Waals surface area contributed by atoms with E-state index in [0.29, 0.717) is 5.75 Å². The van der Waals surface area contributed by atoms with Crippen molar-refractivity contribution in [1.82, 2.24) is 20.2 Å². The predicted octanol–water partition coefficient (Wildman–Crippen LogP) is 4.76. The molecule has 0 fully saturated rings. The van der Waals surface area contributed by atoms with Crippen molar-refractivity contribution in [3.8, 4) is 5.69 Å². The van der Waals surface area contributed by atoms with Crippen LogP contribution >= 0.6 is 23.4 Å². The topological polar surface area (TPSA) is 43.6 Å². The summed E-state index contributed by atoms with van der Waals surface area (Å²) in [6.07, 6.45) is 0. The third kappa shape index (κ3) is 2.88. The van der Waals surface area contributed by atoms with Gasteiger partial charge in [-0.1, -0.05) is 78.0 Å². The first kappa shape index (κ1) is 15.2. The Kier molecular flexibility index (Phi) is 4.19. The molecule has 1 aromatic heterocycles. The van der Waals surface area contributed by atoms with Crippen molar-refractivity contribution in [2.24, 2.45) is 0 Å². The van der Waals surface area contributed by atoms with Crippen molar-refractivity contribution in [3.63, 3.8) is 0 Å². The largest absolute Gasteiger partial charge is 0.214 e. The molecule has 0 aliphatic heterocycles. The number of thioether (sulfide) groups is 1. The SMILES string of the molecule is Clc1ccccc1CSc1nnnn1-c1cccc2ccccc12. The summed E-state index contributed by atoms with van der Waals surface area (Å²) < 4.78 is 1.78. The summed E-state index contributed by atoms with van der Waals surface area (Å²) in [6.45, 7) is 0. The molecule has 0 bridgehead atoms. The van der Waals surface area contributed by atoms with Gasteiger partial charge in [-0.05, 0) is 33.5 Å². The van der Waals surface area contributed by atoms with Crippen LogP contribution < -0.4 is 0 Å². The Morgan fingerprint density at radius 1 is 0.917 bits per heavy atom. The Morgan fingerprint density at radius 2 is 1.71 bits per heavy atom. The lowest BCUT2D eigenvalue weighted by Crippen LogP contribution is -2.00. The number of nitrogens with zero attached hydrogens (tertiary/aromatic N) is 4. The molecular weight excluding hydrogens is 340 g/mol. The molecule has 0 spiro atoms. The molecule has 0 N–H and O–H groups in total. The van der Waals surface area contributed by atoms with Gasteiger partial charge in [-0.15, -0.1) is 5.10 Å². The summed E-state index contributed by atoms with van der Waals surface area (Å²) in [7, 11) is 0. The fourth-order valence-electron chi connectivity index (χ4n) is 2.57. The number of hydrogen-bond donors (Lipinski definition) is 0. The van der Waals surface area contributed by atoms with Crippen molar-refractivity contribution in [2.75, 3.05) is 0 Å². The van der Waals surface area contributed by atoms with Crippen LogP contribution in [0.25, 0.3) is 16.5 Å². The molecule has 24 heavy (non-hydrogen) atoms. The molecule has 3 aromatic carbocycles. The Balaban J connectivity index is 1.69. The lowest BCUT2D eigenvalue weighted by atomic mass is 10.1. The highest BCUT2D eigenvalue weighted by Crippen LogP contribution is 2.28. The first-order chi connectivity index (χ1) is 11.8. The van der Waals surface area contributed by atoms with Gasteiger partial charge < -0.3 is 0 Å². The molecule has 1 heterocycles. The average Bonchev–Trinajstić information content (AvgIpc) is 3.09. The van der Waals surface area contributed by atoms with Crippen LogP contribution in [0.4, 0.5) is 0 Å². The Hall–Kier alpha value is -2.37. The third-order valence-electron chi connectivity index (χ3n) is 3.75. The van der Waals surface area contributed by atoms with Crippen LogP contribution in [0.1, 0.15) is 5.56 Å². The molecule has 6 heteroatoms. The van der Waals surface area contributed by atoms with E-state index in [0.717, 1.165) is 32.2 Å². The highest BCUT2D eigenvalue weighted by molar-refractivity contribution is 7.98. The fourth-order valence-corrected chi connectivity index (χ4v) is 3.74. The Labute approximate surface area is 148 Å². The molecule has 0 aliphatic carbocycles. The minimum absolute atomic E-state index is 0.713. The maximum Gasteiger partial charge on any atom is 0.214 e. The number of hydrogen-bond acceptors (Lipinski definition) is 4. The van der Waals surface area contributed by atoms with Crippen molar-refractivity contribution in [3.05, 3.63) is 77.3 Å². The predicted molar refractivity (Wildman–Crippen MR) is 97.7 cm³/mol. The van der Waals surface area contributed by atoms with Gasteiger partial charge in [0.1, 0.15) is 0 Å². The number of rotatable bonds is 4. The van der Waals surface area contributed by atoms with Crippen LogP contribution in [0.3, 0.4) is 0 Å². The van der Waals surface area contributed by atoms with Gasteiger partial charge in [0.05, 0.1) is 5.69 Å². The van der Waals surface area contributed by atoms with Crippen molar-refractivity contribution in [2.45, 2.75) is 10.9 Å². The number of tetrazole rings is 1. The molecule has 4 nitrogen and oxygen atoms in total. The van der Waals surface area contributed by atoms with Crippen molar-refractivity contribution < 1.29 is 0 Å². The van der Waals surface area contributed by atoms with E-state index in [9.17, 15) is 0 Å². The summed E-state index contributed by atoms with van der Waals surface area (Å²) in [5.74, 6) is 0.713. The van der Waals surface area contributed by atoms with Gasteiger partial charge >= 0.3 is 0 Å². The van der Waals surface area contributed by atoms with E-state index in [1.54, 1.807) is 16.4 Å². The number of fused-ring (bicyclic) bond motifs is 1. The normalized spacial score (nSPS) is 11.0. The van der Waals surface area contributed by atoms with Gasteiger partial charge in [0.2, 0.25) is 5.16 Å². The highest BCUT2D eigenvalue weighted by Gasteiger charge is 2.12. The second-order valence-corrected chi connectivity index (χ2v) is 6.60. The minimum atomic E-state index is 0.713. The standard InChI is InChI=1S/C18H13ClN4S/c19-16-10-4-2-7-14(16)12-24-18-20-21-22-23(18)17-11-5-8-13-6-1-3-9-15(13)17/h1-11H,12H2. The van der Waals surface area contributed by atoms with E-state index in [1.165, 1.54) is 0 Å². The number of benzene rings is 3. The summed E-state index contributed by atoms with van der Waals surface area (Å²) in [6, 6.07) is 22.2. The zero-order valence-corrected chi connectivity index (χ0v) is 14.2. The summed E-state index contributed by atoms with van der Waals surface area (Å²) >= 11 is 7.79. The van der Waals surface area contributed by atoms with Gasteiger partial charge in [0, 0.05) is 16.2 Å². The van der Waals surface area contributed by atoms with Crippen molar-refractivity contribution in [1.29, 1.82) is 0 Å². The smallest absolute Gasteiger partial charge is 0.187 e. The maximum atomic E-state index is 6.23. The van der Waals surface area contributed by atoms with Crippen LogP contribution in [0.2, 0.25) is 5.02 Å². The second kappa shape index (κ2) is 6.63. The van der Waals surface area contributed by atoms with E-state index < -0.39 is 0 Å². The van der Waals surface area contributed by atoms with E-state index in [2.05, 4.69) is 33.7 Å². The second-order valence-electron chi connectivity index (χ2n) is 5.25. The van der Waals surface area contributed by atoms with Gasteiger partial charge in [0.25, 0.3) is 0 Å². The lowest BCUT2D eigenvalue weighted by molar-refractivity contribution is 0.761. The molecule has 0 unspecified atom stereocenters. The van der Waals surface area contributed by atoms with Crippen LogP contribution in [-0.4, -0.2) is 20.2 Å². The molecule has 0 atom stereocenters. The maximum absolute atomic E-state index is 6.23. The summed E-state index contributed by atoms with van der Waals surface area (Å²) in [4.78, 5) is 0. The summed E-state index contributed by atoms with van der Waals surface area (Å²) in [5.41, 5.74) is 2.04. The third-order valence-corrected chi connectivity index (χ3v) is 5.09. The average molecular weight is 353 g/mol. The first-order valence-corrected chi connectivity index (χ1v) is 8.82. The first-order valence-electron chi connectivity index (χ1n) is 7.45. The van der Waals surface area contributed by atoms with Crippen molar-refractivity contribution >= 4 is 34.1 Å². The molecular formula is C18H13ClN4S.